The summed E-state index contributed by atoms with van der Waals surface area (Å²) in [7, 11) is 0. The Kier molecular flexibility index (Phi) is 4.15. The van der Waals surface area contributed by atoms with E-state index in [4.69, 9.17) is 9.47 Å². The van der Waals surface area contributed by atoms with Gasteiger partial charge in [-0.25, -0.2) is 0 Å². The topological polar surface area (TPSA) is 68.2 Å². The summed E-state index contributed by atoms with van der Waals surface area (Å²) in [5.41, 5.74) is 4.76. The molecule has 4 heterocycles. The van der Waals surface area contributed by atoms with Crippen LogP contribution in [-0.4, -0.2) is 51.2 Å². The van der Waals surface area contributed by atoms with Gasteiger partial charge in [0.2, 0.25) is 0 Å². The SMILES string of the molecule is CCn1cc(C2CN(Cc3n[nH]c4c3COCC4)CCO2)cn1. The normalized spacial score (nSPS) is 22.2. The molecule has 2 aromatic rings. The molecule has 0 amide bonds. The first kappa shape index (κ1) is 14.9. The Balaban J connectivity index is 1.44. The number of morpholine rings is 1. The van der Waals surface area contributed by atoms with Gasteiger partial charge in [-0.2, -0.15) is 10.2 Å². The molecule has 124 valence electrons. The Morgan fingerprint density at radius 1 is 1.39 bits per heavy atom. The zero-order valence-corrected chi connectivity index (χ0v) is 13.5. The van der Waals surface area contributed by atoms with E-state index in [1.807, 2.05) is 10.9 Å². The maximum Gasteiger partial charge on any atom is 0.0982 e. The number of nitrogens with zero attached hydrogens (tertiary/aromatic N) is 4. The Labute approximate surface area is 135 Å². The average Bonchev–Trinajstić information content (AvgIpc) is 3.23. The molecule has 1 unspecified atom stereocenters. The maximum absolute atomic E-state index is 5.94. The van der Waals surface area contributed by atoms with Gasteiger partial charge in [0.05, 0.1) is 37.8 Å². The number of fused-ring (bicyclic) bond motifs is 1. The van der Waals surface area contributed by atoms with Gasteiger partial charge in [-0.05, 0) is 6.92 Å². The standard InChI is InChI=1S/C16H23N5O2/c1-2-21-8-12(7-17-21)16-10-20(4-6-23-16)9-15-13-11-22-5-3-14(13)18-19-15/h7-8,16H,2-6,9-11H2,1H3,(H,18,19). The van der Waals surface area contributed by atoms with E-state index in [2.05, 4.69) is 33.3 Å². The van der Waals surface area contributed by atoms with E-state index in [1.54, 1.807) is 0 Å². The lowest BCUT2D eigenvalue weighted by Crippen LogP contribution is -2.38. The molecule has 23 heavy (non-hydrogen) atoms. The first-order valence-electron chi connectivity index (χ1n) is 8.32. The third-order valence-electron chi connectivity index (χ3n) is 4.65. The summed E-state index contributed by atoms with van der Waals surface area (Å²) in [6, 6.07) is 0. The average molecular weight is 317 g/mol. The van der Waals surface area contributed by atoms with Gasteiger partial charge >= 0.3 is 0 Å². The number of aryl methyl sites for hydroxylation is 1. The Morgan fingerprint density at radius 2 is 2.35 bits per heavy atom. The van der Waals surface area contributed by atoms with Gasteiger partial charge in [0.15, 0.2) is 0 Å². The maximum atomic E-state index is 5.94. The van der Waals surface area contributed by atoms with Crippen LogP contribution in [0, 0.1) is 0 Å². The smallest absolute Gasteiger partial charge is 0.0982 e. The molecule has 2 aliphatic rings. The lowest BCUT2D eigenvalue weighted by molar-refractivity contribution is -0.0335. The molecular formula is C16H23N5O2. The van der Waals surface area contributed by atoms with Crippen LogP contribution in [0.4, 0.5) is 0 Å². The first-order chi connectivity index (χ1) is 11.3. The van der Waals surface area contributed by atoms with Crippen LogP contribution >= 0.6 is 0 Å². The number of H-pyrrole nitrogens is 1. The molecule has 4 rings (SSSR count). The number of aromatic nitrogens is 4. The van der Waals surface area contributed by atoms with E-state index < -0.39 is 0 Å². The number of hydrogen-bond donors (Lipinski definition) is 1. The highest BCUT2D eigenvalue weighted by Crippen LogP contribution is 2.25. The summed E-state index contributed by atoms with van der Waals surface area (Å²) in [6.45, 7) is 7.83. The summed E-state index contributed by atoms with van der Waals surface area (Å²) in [5, 5.41) is 12.0. The van der Waals surface area contributed by atoms with Crippen molar-refractivity contribution in [1.82, 2.24) is 24.9 Å². The lowest BCUT2D eigenvalue weighted by atomic mass is 10.1. The molecule has 0 aromatic carbocycles. The van der Waals surface area contributed by atoms with Gasteiger partial charge in [-0.1, -0.05) is 0 Å². The van der Waals surface area contributed by atoms with E-state index in [-0.39, 0.29) is 6.10 Å². The van der Waals surface area contributed by atoms with Crippen molar-refractivity contribution in [3.8, 4) is 0 Å². The van der Waals surface area contributed by atoms with Crippen molar-refractivity contribution in [2.45, 2.75) is 39.1 Å². The van der Waals surface area contributed by atoms with Gasteiger partial charge in [0.25, 0.3) is 0 Å². The predicted octanol–water partition coefficient (Wildman–Crippen LogP) is 1.27. The van der Waals surface area contributed by atoms with E-state index in [0.29, 0.717) is 6.61 Å². The van der Waals surface area contributed by atoms with Crippen molar-refractivity contribution in [2.75, 3.05) is 26.3 Å². The second-order valence-corrected chi connectivity index (χ2v) is 6.15. The van der Waals surface area contributed by atoms with Crippen molar-refractivity contribution in [3.05, 3.63) is 34.9 Å². The zero-order chi connectivity index (χ0) is 15.6. The van der Waals surface area contributed by atoms with Crippen LogP contribution in [0.3, 0.4) is 0 Å². The highest BCUT2D eigenvalue weighted by Gasteiger charge is 2.25. The molecule has 0 bridgehead atoms. The lowest BCUT2D eigenvalue weighted by Gasteiger charge is -2.32. The number of hydrogen-bond acceptors (Lipinski definition) is 5. The van der Waals surface area contributed by atoms with E-state index in [0.717, 1.165) is 57.1 Å². The predicted molar refractivity (Wildman–Crippen MR) is 83.8 cm³/mol. The molecule has 0 spiro atoms. The van der Waals surface area contributed by atoms with E-state index in [9.17, 15) is 0 Å². The molecule has 1 saturated heterocycles. The summed E-state index contributed by atoms with van der Waals surface area (Å²) >= 11 is 0. The van der Waals surface area contributed by atoms with Gasteiger partial charge in [-0.3, -0.25) is 14.7 Å². The largest absolute Gasteiger partial charge is 0.376 e. The highest BCUT2D eigenvalue weighted by molar-refractivity contribution is 5.26. The number of rotatable bonds is 4. The highest BCUT2D eigenvalue weighted by atomic mass is 16.5. The van der Waals surface area contributed by atoms with Crippen molar-refractivity contribution in [1.29, 1.82) is 0 Å². The fraction of sp³-hybridized carbons (Fsp3) is 0.625. The van der Waals surface area contributed by atoms with E-state index in [1.165, 1.54) is 11.3 Å². The Hall–Kier alpha value is -1.70. The summed E-state index contributed by atoms with van der Waals surface area (Å²) in [4.78, 5) is 2.41. The molecule has 1 atom stereocenters. The van der Waals surface area contributed by atoms with Crippen LogP contribution in [0.1, 0.15) is 35.5 Å². The fourth-order valence-electron chi connectivity index (χ4n) is 3.28. The molecule has 0 aliphatic carbocycles. The number of nitrogens with one attached hydrogen (secondary N) is 1. The first-order valence-corrected chi connectivity index (χ1v) is 8.32. The van der Waals surface area contributed by atoms with Gasteiger partial charge in [0.1, 0.15) is 0 Å². The minimum atomic E-state index is 0.0927. The second-order valence-electron chi connectivity index (χ2n) is 6.15. The Morgan fingerprint density at radius 3 is 3.22 bits per heavy atom. The molecule has 1 fully saturated rings. The molecular weight excluding hydrogens is 294 g/mol. The van der Waals surface area contributed by atoms with E-state index >= 15 is 0 Å². The van der Waals surface area contributed by atoms with Crippen LogP contribution in [0.15, 0.2) is 12.4 Å². The second kappa shape index (κ2) is 6.43. The Bertz CT molecular complexity index is 665. The molecule has 2 aliphatic heterocycles. The summed E-state index contributed by atoms with van der Waals surface area (Å²) < 4.78 is 13.5. The quantitative estimate of drug-likeness (QED) is 0.920. The van der Waals surface area contributed by atoms with Gasteiger partial charge < -0.3 is 9.47 Å². The van der Waals surface area contributed by atoms with Crippen molar-refractivity contribution >= 4 is 0 Å². The molecule has 2 aromatic heterocycles. The van der Waals surface area contributed by atoms with Crippen molar-refractivity contribution in [2.24, 2.45) is 0 Å². The van der Waals surface area contributed by atoms with Crippen LogP contribution in [-0.2, 0) is 35.6 Å². The molecule has 0 radical (unpaired) electrons. The molecule has 1 N–H and O–H groups in total. The summed E-state index contributed by atoms with van der Waals surface area (Å²) in [6.07, 6.45) is 5.03. The van der Waals surface area contributed by atoms with Gasteiger partial charge in [-0.15, -0.1) is 0 Å². The van der Waals surface area contributed by atoms with Crippen molar-refractivity contribution < 1.29 is 9.47 Å². The zero-order valence-electron chi connectivity index (χ0n) is 13.5. The van der Waals surface area contributed by atoms with Crippen molar-refractivity contribution in [3.63, 3.8) is 0 Å². The number of aromatic amines is 1. The fourth-order valence-corrected chi connectivity index (χ4v) is 3.28. The number of ether oxygens (including phenoxy) is 2. The summed E-state index contributed by atoms with van der Waals surface area (Å²) in [5.74, 6) is 0. The minimum Gasteiger partial charge on any atom is -0.376 e. The molecule has 0 saturated carbocycles. The van der Waals surface area contributed by atoms with Crippen LogP contribution < -0.4 is 0 Å². The minimum absolute atomic E-state index is 0.0927. The molecule has 7 heteroatoms. The van der Waals surface area contributed by atoms with Crippen LogP contribution in [0.25, 0.3) is 0 Å². The van der Waals surface area contributed by atoms with Gasteiger partial charge in [0, 0.05) is 55.6 Å². The third kappa shape index (κ3) is 3.04. The third-order valence-corrected chi connectivity index (χ3v) is 4.65. The molecule has 7 nitrogen and oxygen atoms in total. The monoisotopic (exact) mass is 317 g/mol. The van der Waals surface area contributed by atoms with Crippen LogP contribution in [0.5, 0.6) is 0 Å². The van der Waals surface area contributed by atoms with Crippen LogP contribution in [0.2, 0.25) is 0 Å².